The summed E-state index contributed by atoms with van der Waals surface area (Å²) in [7, 11) is 0. The number of rotatable bonds is 6. The molecule has 0 aliphatic rings. The maximum Gasteiger partial charge on any atom is 0.164 e. The van der Waals surface area contributed by atoms with Gasteiger partial charge in [-0.3, -0.25) is 0 Å². The predicted molar refractivity (Wildman–Crippen MR) is 225 cm³/mol. The average Bonchev–Trinajstić information content (AvgIpc) is 3.26. The van der Waals surface area contributed by atoms with Crippen molar-refractivity contribution in [2.45, 2.75) is 6.92 Å². The van der Waals surface area contributed by atoms with E-state index in [0.29, 0.717) is 17.5 Å². The Bertz CT molecular complexity index is 2970. The number of fused-ring (bicyclic) bond motifs is 4. The first-order chi connectivity index (χ1) is 27.1. The van der Waals surface area contributed by atoms with Crippen LogP contribution in [0.25, 0.3) is 100 Å². The Labute approximate surface area is 318 Å². The molecule has 0 spiro atoms. The summed E-state index contributed by atoms with van der Waals surface area (Å²) in [5.74, 6) is 1.92. The second kappa shape index (κ2) is 13.6. The molecule has 55 heavy (non-hydrogen) atoms. The van der Waals surface area contributed by atoms with Crippen LogP contribution in [0.3, 0.4) is 0 Å². The average molecular weight is 704 g/mol. The Morgan fingerprint density at radius 1 is 0.291 bits per heavy atom. The molecular formula is C50H33N5. The van der Waals surface area contributed by atoms with Crippen molar-refractivity contribution in [2.75, 3.05) is 0 Å². The number of aryl methyl sites for hydroxylation is 1. The van der Waals surface area contributed by atoms with Crippen molar-refractivity contribution in [3.05, 3.63) is 188 Å². The van der Waals surface area contributed by atoms with Crippen LogP contribution in [0, 0.1) is 6.92 Å². The first kappa shape index (κ1) is 32.3. The van der Waals surface area contributed by atoms with E-state index in [9.17, 15) is 0 Å². The summed E-state index contributed by atoms with van der Waals surface area (Å²) in [6.45, 7) is 2.16. The lowest BCUT2D eigenvalue weighted by Gasteiger charge is -2.11. The standard InChI is InChI=1S/C50H33N5/c1-32-29-45(42-24-21-33-11-8-9-16-39(33)31-42)52-47-43(32)27-25-35-26-28-44(51-46(35)47)41-18-10-17-40(30-41)34-19-22-38(23-20-34)50-54-48(36-12-4-2-5-13-36)53-49(55-50)37-14-6-3-7-15-37/h2-31H,1H3. The number of benzene rings is 7. The van der Waals surface area contributed by atoms with Gasteiger partial charge in [-0.15, -0.1) is 0 Å². The molecule has 0 fully saturated rings. The third-order valence-electron chi connectivity index (χ3n) is 10.2. The van der Waals surface area contributed by atoms with E-state index in [0.717, 1.165) is 72.1 Å². The van der Waals surface area contributed by atoms with Crippen LogP contribution in [0.1, 0.15) is 5.56 Å². The fourth-order valence-corrected chi connectivity index (χ4v) is 7.31. The minimum atomic E-state index is 0.633. The smallest absolute Gasteiger partial charge is 0.164 e. The van der Waals surface area contributed by atoms with E-state index in [-0.39, 0.29) is 0 Å². The van der Waals surface area contributed by atoms with Gasteiger partial charge in [-0.05, 0) is 58.7 Å². The molecule has 10 rings (SSSR count). The monoisotopic (exact) mass is 703 g/mol. The highest BCUT2D eigenvalue weighted by Gasteiger charge is 2.14. The summed E-state index contributed by atoms with van der Waals surface area (Å²) in [5, 5.41) is 4.60. The van der Waals surface area contributed by atoms with E-state index in [2.05, 4.69) is 128 Å². The lowest BCUT2D eigenvalue weighted by Crippen LogP contribution is -2.00. The molecule has 3 aromatic heterocycles. The van der Waals surface area contributed by atoms with E-state index in [1.807, 2.05) is 60.7 Å². The van der Waals surface area contributed by atoms with Crippen molar-refractivity contribution in [1.82, 2.24) is 24.9 Å². The van der Waals surface area contributed by atoms with Crippen LogP contribution in [0.2, 0.25) is 0 Å². The molecule has 0 saturated carbocycles. The molecule has 5 nitrogen and oxygen atoms in total. The second-order valence-electron chi connectivity index (χ2n) is 13.8. The first-order valence-electron chi connectivity index (χ1n) is 18.4. The Morgan fingerprint density at radius 3 is 1.51 bits per heavy atom. The van der Waals surface area contributed by atoms with Crippen LogP contribution < -0.4 is 0 Å². The van der Waals surface area contributed by atoms with Gasteiger partial charge in [0.2, 0.25) is 0 Å². The molecule has 0 N–H and O–H groups in total. The Morgan fingerprint density at radius 2 is 0.800 bits per heavy atom. The molecule has 258 valence electrons. The van der Waals surface area contributed by atoms with Crippen LogP contribution >= 0.6 is 0 Å². The summed E-state index contributed by atoms with van der Waals surface area (Å²) >= 11 is 0. The van der Waals surface area contributed by atoms with Gasteiger partial charge in [-0.25, -0.2) is 24.9 Å². The van der Waals surface area contributed by atoms with Gasteiger partial charge in [0.1, 0.15) is 0 Å². The van der Waals surface area contributed by atoms with Crippen molar-refractivity contribution >= 4 is 32.6 Å². The highest BCUT2D eigenvalue weighted by molar-refractivity contribution is 6.05. The van der Waals surface area contributed by atoms with E-state index < -0.39 is 0 Å². The molecule has 0 radical (unpaired) electrons. The van der Waals surface area contributed by atoms with E-state index >= 15 is 0 Å². The van der Waals surface area contributed by atoms with Gasteiger partial charge in [0.05, 0.1) is 22.4 Å². The van der Waals surface area contributed by atoms with Gasteiger partial charge in [0.15, 0.2) is 17.5 Å². The zero-order valence-corrected chi connectivity index (χ0v) is 30.1. The minimum Gasteiger partial charge on any atom is -0.245 e. The van der Waals surface area contributed by atoms with Crippen LogP contribution in [0.5, 0.6) is 0 Å². The summed E-state index contributed by atoms with van der Waals surface area (Å²) in [5.41, 5.74) is 12.0. The zero-order valence-electron chi connectivity index (χ0n) is 30.1. The predicted octanol–water partition coefficient (Wildman–Crippen LogP) is 12.4. The van der Waals surface area contributed by atoms with Crippen molar-refractivity contribution in [3.63, 3.8) is 0 Å². The number of hydrogen-bond acceptors (Lipinski definition) is 5. The van der Waals surface area contributed by atoms with Crippen LogP contribution in [0.15, 0.2) is 182 Å². The molecule has 0 amide bonds. The molecule has 5 heteroatoms. The zero-order chi connectivity index (χ0) is 36.7. The maximum absolute atomic E-state index is 5.27. The number of nitrogens with zero attached hydrogens (tertiary/aromatic N) is 5. The molecule has 7 aromatic carbocycles. The highest BCUT2D eigenvalue weighted by atomic mass is 15.0. The van der Waals surface area contributed by atoms with Gasteiger partial charge in [-0.2, -0.15) is 0 Å². The SMILES string of the molecule is Cc1cc(-c2ccc3ccccc3c2)nc2c1ccc1ccc(-c3cccc(-c4ccc(-c5nc(-c6ccccc6)nc(-c6ccccc6)n5)cc4)c3)nc12. The normalized spacial score (nSPS) is 11.4. The number of aromatic nitrogens is 5. The van der Waals surface area contributed by atoms with Crippen LogP contribution in [-0.2, 0) is 0 Å². The molecular weight excluding hydrogens is 671 g/mol. The lowest BCUT2D eigenvalue weighted by molar-refractivity contribution is 1.07. The van der Waals surface area contributed by atoms with Gasteiger partial charge in [0, 0.05) is 38.6 Å². The fourth-order valence-electron chi connectivity index (χ4n) is 7.31. The quantitative estimate of drug-likeness (QED) is 0.161. The third-order valence-corrected chi connectivity index (χ3v) is 10.2. The Balaban J connectivity index is 1.00. The van der Waals surface area contributed by atoms with Gasteiger partial charge < -0.3 is 0 Å². The first-order valence-corrected chi connectivity index (χ1v) is 18.4. The molecule has 0 aliphatic heterocycles. The molecule has 3 heterocycles. The largest absolute Gasteiger partial charge is 0.245 e. The van der Waals surface area contributed by atoms with Crippen molar-refractivity contribution in [3.8, 4) is 67.8 Å². The van der Waals surface area contributed by atoms with E-state index in [4.69, 9.17) is 24.9 Å². The fraction of sp³-hybridized carbons (Fsp3) is 0.0200. The van der Waals surface area contributed by atoms with Crippen LogP contribution in [0.4, 0.5) is 0 Å². The summed E-state index contributed by atoms with van der Waals surface area (Å²) in [4.78, 5) is 25.2. The third kappa shape index (κ3) is 6.18. The van der Waals surface area contributed by atoms with Crippen molar-refractivity contribution in [2.24, 2.45) is 0 Å². The molecule has 0 atom stereocenters. The molecule has 0 aliphatic carbocycles. The van der Waals surface area contributed by atoms with E-state index in [1.165, 1.54) is 16.3 Å². The molecule has 10 aromatic rings. The second-order valence-corrected chi connectivity index (χ2v) is 13.8. The summed E-state index contributed by atoms with van der Waals surface area (Å²) in [6.07, 6.45) is 0. The maximum atomic E-state index is 5.27. The van der Waals surface area contributed by atoms with Crippen molar-refractivity contribution in [1.29, 1.82) is 0 Å². The molecule has 0 unspecified atom stereocenters. The van der Waals surface area contributed by atoms with Crippen molar-refractivity contribution < 1.29 is 0 Å². The Kier molecular flexibility index (Phi) is 7.96. The van der Waals surface area contributed by atoms with Gasteiger partial charge in [-0.1, -0.05) is 158 Å². The van der Waals surface area contributed by atoms with Gasteiger partial charge in [0.25, 0.3) is 0 Å². The lowest BCUT2D eigenvalue weighted by atomic mass is 9.99. The molecule has 0 saturated heterocycles. The van der Waals surface area contributed by atoms with E-state index in [1.54, 1.807) is 0 Å². The van der Waals surface area contributed by atoms with Crippen LogP contribution in [-0.4, -0.2) is 24.9 Å². The minimum absolute atomic E-state index is 0.633. The number of hydrogen-bond donors (Lipinski definition) is 0. The topological polar surface area (TPSA) is 64.5 Å². The highest BCUT2D eigenvalue weighted by Crippen LogP contribution is 2.34. The Hall–Kier alpha value is -7.37. The number of pyridine rings is 2. The summed E-state index contributed by atoms with van der Waals surface area (Å²) < 4.78 is 0. The summed E-state index contributed by atoms with van der Waals surface area (Å²) in [6, 6.07) is 62.8. The molecule has 0 bridgehead atoms. The van der Waals surface area contributed by atoms with Gasteiger partial charge >= 0.3 is 0 Å².